The third kappa shape index (κ3) is 8.72. The Bertz CT molecular complexity index is 2350. The first-order valence-electron chi connectivity index (χ1n) is 23.2. The molecule has 0 spiro atoms. The highest BCUT2D eigenvalue weighted by Crippen LogP contribution is 2.50. The number of aliphatic imine (C=N–C) groups is 1. The van der Waals surface area contributed by atoms with Gasteiger partial charge in [-0.2, -0.15) is 0 Å². The molecule has 0 unspecified atom stereocenters. The highest BCUT2D eigenvalue weighted by atomic mass is 32.1. The summed E-state index contributed by atoms with van der Waals surface area (Å²) in [6, 6.07) is 4.34. The van der Waals surface area contributed by atoms with Crippen LogP contribution < -0.4 is 10.7 Å². The molecule has 3 aromatic rings. The minimum atomic E-state index is -1.20. The second-order valence-corrected chi connectivity index (χ2v) is 20.0. The fourth-order valence-electron chi connectivity index (χ4n) is 10.6. The Morgan fingerprint density at radius 1 is 1.17 bits per heavy atom. The van der Waals surface area contributed by atoms with Gasteiger partial charge in [-0.05, 0) is 95.2 Å². The Labute approximate surface area is 380 Å². The number of rotatable bonds is 11. The summed E-state index contributed by atoms with van der Waals surface area (Å²) in [4.78, 5) is 68.8. The number of methoxy groups -OCH3 is 1. The molecule has 8 bridgehead atoms. The molecule has 344 valence electrons. The summed E-state index contributed by atoms with van der Waals surface area (Å²) in [5.41, 5.74) is 8.88. The summed E-state index contributed by atoms with van der Waals surface area (Å²) in [5.74, 6) is -1.29. The highest BCUT2D eigenvalue weighted by Gasteiger charge is 2.59. The number of esters is 1. The Morgan fingerprint density at radius 3 is 2.59 bits per heavy atom. The number of ether oxygens (including phenoxy) is 3. The van der Waals surface area contributed by atoms with Crippen LogP contribution in [0, 0.1) is 35.0 Å². The number of allylic oxidation sites excluding steroid dienone is 2. The van der Waals surface area contributed by atoms with Gasteiger partial charge < -0.3 is 29.0 Å². The first kappa shape index (κ1) is 45.9. The predicted octanol–water partition coefficient (Wildman–Crippen LogP) is 6.74. The standard InChI is InChI=1S/C49H65N7O7S/c1-10-32(40(50-11-2)28(6)61-9)42-34-22-49(7,8)26-63-48(60)35-15-14-18-56(53-35)47(59)41(52-44(57)38-27(5)39(38)46(58)54-23-29-19-30(20-29)24-54)43(62-13-4)45-51-36(25-64-45)31-16-17-37(33(34)21-31)55(42)12-3/h10-11,16-17,21,25,27-30,35,38-39,41,43,53H,1,12-15,18-20,22-24,26H2,2-9H3,(H,52,57)/b40-32+,50-11?/t27-,28+,29?,30?,35+,38-,39-,41+,43+/m1/s1. The molecule has 15 heteroatoms. The summed E-state index contributed by atoms with van der Waals surface area (Å²) in [6.07, 6.45) is 6.25. The summed E-state index contributed by atoms with van der Waals surface area (Å²) >= 11 is 1.37. The lowest BCUT2D eigenvalue weighted by Crippen LogP contribution is -2.61. The normalized spacial score (nSPS) is 28.8. The Morgan fingerprint density at radius 2 is 1.92 bits per heavy atom. The van der Waals surface area contributed by atoms with Crippen molar-refractivity contribution >= 4 is 57.7 Å². The van der Waals surface area contributed by atoms with Crippen molar-refractivity contribution in [1.29, 1.82) is 0 Å². The molecular formula is C49H65N7O7S. The van der Waals surface area contributed by atoms with E-state index in [1.54, 1.807) is 13.3 Å². The zero-order chi connectivity index (χ0) is 45.6. The van der Waals surface area contributed by atoms with Gasteiger partial charge in [0.1, 0.15) is 23.2 Å². The van der Waals surface area contributed by atoms with Gasteiger partial charge >= 0.3 is 5.97 Å². The zero-order valence-corrected chi connectivity index (χ0v) is 39.5. The van der Waals surface area contributed by atoms with Gasteiger partial charge in [0.25, 0.3) is 5.91 Å². The quantitative estimate of drug-likeness (QED) is 0.121. The van der Waals surface area contributed by atoms with Crippen LogP contribution in [0.25, 0.3) is 27.7 Å². The molecule has 2 aliphatic carbocycles. The monoisotopic (exact) mass is 895 g/mol. The lowest BCUT2D eigenvalue weighted by molar-refractivity contribution is -0.156. The Balaban J connectivity index is 1.21. The molecular weight excluding hydrogens is 831 g/mol. The van der Waals surface area contributed by atoms with Gasteiger partial charge in [-0.3, -0.25) is 29.2 Å². The topological polar surface area (TPSA) is 157 Å². The number of hydrazine groups is 1. The van der Waals surface area contributed by atoms with Crippen LogP contribution in [0.1, 0.15) is 96.5 Å². The summed E-state index contributed by atoms with van der Waals surface area (Å²) in [6.45, 7) is 21.1. The van der Waals surface area contributed by atoms with Crippen molar-refractivity contribution in [2.45, 2.75) is 111 Å². The first-order valence-corrected chi connectivity index (χ1v) is 24.0. The maximum absolute atomic E-state index is 14.8. The van der Waals surface area contributed by atoms with Gasteiger partial charge in [-0.15, -0.1) is 11.3 Å². The first-order chi connectivity index (χ1) is 30.7. The van der Waals surface area contributed by atoms with Crippen LogP contribution >= 0.6 is 11.3 Å². The van der Waals surface area contributed by atoms with Gasteiger partial charge in [0, 0.05) is 78.9 Å². The number of fused-ring (bicyclic) bond motifs is 8. The van der Waals surface area contributed by atoms with E-state index in [4.69, 9.17) is 24.2 Å². The number of benzene rings is 1. The van der Waals surface area contributed by atoms with Gasteiger partial charge in [0.05, 0.1) is 41.6 Å². The third-order valence-corrected chi connectivity index (χ3v) is 15.0. The molecule has 1 aromatic carbocycles. The number of hydrogen-bond acceptors (Lipinski definition) is 11. The van der Waals surface area contributed by atoms with E-state index in [0.29, 0.717) is 54.9 Å². The van der Waals surface area contributed by atoms with Gasteiger partial charge in [-0.25, -0.2) is 10.4 Å². The number of nitrogens with one attached hydrogen (secondary N) is 2. The number of thiazole rings is 1. The van der Waals surface area contributed by atoms with E-state index in [2.05, 4.69) is 60.9 Å². The number of aryl methyl sites for hydroxylation is 1. The SMILES string of the molecule is C=C/C(=C(\N=CC)[C@H](C)OC)c1c2c3cc(ccc3n1CC)-c1csc(n1)[C@@H](OCC)[C@H](NC(=O)[C@@H]1[C@@H](C)[C@H]1C(=O)N1CC3CC(C3)C1)C(=O)N1CCC[C@H](N1)C(=O)OCC(C)(C)C2. The van der Waals surface area contributed by atoms with E-state index < -0.39 is 47.3 Å². The number of amides is 3. The average molecular weight is 896 g/mol. The molecule has 14 nitrogen and oxygen atoms in total. The fraction of sp³-hybridized carbons (Fsp3) is 0.592. The van der Waals surface area contributed by atoms with Crippen molar-refractivity contribution in [3.8, 4) is 11.3 Å². The minimum Gasteiger partial charge on any atom is -0.464 e. The second kappa shape index (κ2) is 18.7. The maximum Gasteiger partial charge on any atom is 0.324 e. The number of carbonyl (C=O) groups excluding carboxylic acids is 4. The van der Waals surface area contributed by atoms with Crippen molar-refractivity contribution < 1.29 is 33.4 Å². The molecule has 4 aliphatic heterocycles. The number of carbonyl (C=O) groups is 4. The van der Waals surface area contributed by atoms with Gasteiger partial charge in [0.2, 0.25) is 11.8 Å². The number of nitrogens with zero attached hydrogens (tertiary/aromatic N) is 5. The molecule has 6 aliphatic rings. The Hall–Kier alpha value is -4.70. The molecule has 7 atom stereocenters. The summed E-state index contributed by atoms with van der Waals surface area (Å²) < 4.78 is 20.6. The fourth-order valence-corrected chi connectivity index (χ4v) is 11.5. The highest BCUT2D eigenvalue weighted by molar-refractivity contribution is 7.10. The van der Waals surface area contributed by atoms with Crippen LogP contribution in [0.2, 0.25) is 0 Å². The third-order valence-electron chi connectivity index (χ3n) is 14.1. The smallest absolute Gasteiger partial charge is 0.324 e. The van der Waals surface area contributed by atoms with Crippen LogP contribution in [0.3, 0.4) is 0 Å². The number of cyclic esters (lactones) is 1. The van der Waals surface area contributed by atoms with Crippen molar-refractivity contribution in [2.24, 2.45) is 40.0 Å². The molecule has 9 rings (SSSR count). The van der Waals surface area contributed by atoms with E-state index in [9.17, 15) is 19.2 Å². The van der Waals surface area contributed by atoms with Crippen LogP contribution in [-0.2, 0) is 46.4 Å². The van der Waals surface area contributed by atoms with Crippen molar-refractivity contribution in [3.63, 3.8) is 0 Å². The van der Waals surface area contributed by atoms with Gasteiger partial charge in [-0.1, -0.05) is 39.5 Å². The molecule has 2 aromatic heterocycles. The molecule has 0 radical (unpaired) electrons. The van der Waals surface area contributed by atoms with Crippen LogP contribution in [0.5, 0.6) is 0 Å². The van der Waals surface area contributed by atoms with E-state index in [0.717, 1.165) is 52.1 Å². The van der Waals surface area contributed by atoms with Crippen LogP contribution in [0.15, 0.2) is 46.9 Å². The van der Waals surface area contributed by atoms with Crippen molar-refractivity contribution in [1.82, 2.24) is 30.2 Å². The molecule has 5 fully saturated rings. The van der Waals surface area contributed by atoms with Crippen LogP contribution in [-0.4, -0.2) is 108 Å². The van der Waals surface area contributed by atoms with E-state index in [1.165, 1.54) is 29.2 Å². The Kier molecular flexibility index (Phi) is 13.4. The van der Waals surface area contributed by atoms with E-state index >= 15 is 0 Å². The average Bonchev–Trinajstić information content (AvgIpc) is 3.57. The van der Waals surface area contributed by atoms with Crippen LogP contribution in [0.4, 0.5) is 0 Å². The number of hydrogen-bond donors (Lipinski definition) is 2. The number of aromatic nitrogens is 2. The van der Waals surface area contributed by atoms with Crippen molar-refractivity contribution in [2.75, 3.05) is 40.0 Å². The molecule has 2 N–H and O–H groups in total. The van der Waals surface area contributed by atoms with E-state index in [-0.39, 0.29) is 37.0 Å². The molecule has 6 heterocycles. The molecule has 3 amide bonds. The number of piperidine rings is 2. The minimum absolute atomic E-state index is 0.0314. The molecule has 64 heavy (non-hydrogen) atoms. The molecule has 2 saturated carbocycles. The lowest BCUT2D eigenvalue weighted by atomic mass is 9.71. The van der Waals surface area contributed by atoms with Gasteiger partial charge in [0.15, 0.2) is 0 Å². The van der Waals surface area contributed by atoms with E-state index in [1.807, 2.05) is 44.1 Å². The maximum atomic E-state index is 14.8. The second-order valence-electron chi connectivity index (χ2n) is 19.1. The lowest BCUT2D eigenvalue weighted by Gasteiger charge is -2.47. The zero-order valence-electron chi connectivity index (χ0n) is 38.6. The summed E-state index contributed by atoms with van der Waals surface area (Å²) in [7, 11) is 1.67. The predicted molar refractivity (Wildman–Crippen MR) is 248 cm³/mol. The largest absolute Gasteiger partial charge is 0.464 e. The summed E-state index contributed by atoms with van der Waals surface area (Å²) in [5, 5.41) is 8.01. The molecule has 3 saturated heterocycles. The van der Waals surface area contributed by atoms with Crippen molar-refractivity contribution in [3.05, 3.63) is 58.2 Å².